The highest BCUT2D eigenvalue weighted by atomic mass is 35.5. The second-order valence-electron chi connectivity index (χ2n) is 3.60. The lowest BCUT2D eigenvalue weighted by atomic mass is 10.2. The van der Waals surface area contributed by atoms with Gasteiger partial charge in [0, 0.05) is 6.20 Å². The predicted octanol–water partition coefficient (Wildman–Crippen LogP) is 4.85. The van der Waals surface area contributed by atoms with Crippen molar-refractivity contribution in [2.45, 2.75) is 0 Å². The van der Waals surface area contributed by atoms with Crippen molar-refractivity contribution in [2.75, 3.05) is 0 Å². The molecule has 0 unspecified atom stereocenters. The van der Waals surface area contributed by atoms with Gasteiger partial charge in [0.2, 0.25) is 11.6 Å². The molecule has 1 aromatic carbocycles. The Morgan fingerprint density at radius 1 is 1.11 bits per heavy atom. The molecule has 90 valence electrons. The van der Waals surface area contributed by atoms with E-state index in [0.717, 1.165) is 0 Å². The standard InChI is InChI=1S/C12H5Cl3N2O/c13-6-4-9-12(16-5-6)18-11(17-9)7-2-1-3-8(14)10(7)15/h1-5H. The molecule has 0 radical (unpaired) electrons. The molecule has 0 aliphatic heterocycles. The van der Waals surface area contributed by atoms with Crippen LogP contribution in [0.25, 0.3) is 22.7 Å². The van der Waals surface area contributed by atoms with Crippen molar-refractivity contribution < 1.29 is 4.42 Å². The first-order valence-electron chi connectivity index (χ1n) is 5.01. The lowest BCUT2D eigenvalue weighted by Crippen LogP contribution is -1.79. The first-order chi connectivity index (χ1) is 8.65. The highest BCUT2D eigenvalue weighted by Crippen LogP contribution is 2.34. The largest absolute Gasteiger partial charge is 0.418 e. The Morgan fingerprint density at radius 2 is 1.94 bits per heavy atom. The third-order valence-electron chi connectivity index (χ3n) is 2.40. The summed E-state index contributed by atoms with van der Waals surface area (Å²) in [5.41, 5.74) is 1.61. The molecular weight excluding hydrogens is 295 g/mol. The van der Waals surface area contributed by atoms with Crippen LogP contribution in [0.1, 0.15) is 0 Å². The van der Waals surface area contributed by atoms with Crippen molar-refractivity contribution in [3.05, 3.63) is 45.5 Å². The van der Waals surface area contributed by atoms with E-state index in [-0.39, 0.29) is 0 Å². The van der Waals surface area contributed by atoms with Crippen molar-refractivity contribution in [2.24, 2.45) is 0 Å². The Bertz CT molecular complexity index is 739. The highest BCUT2D eigenvalue weighted by Gasteiger charge is 2.14. The molecule has 2 heterocycles. The maximum Gasteiger partial charge on any atom is 0.247 e. The van der Waals surface area contributed by atoms with Crippen LogP contribution in [0.2, 0.25) is 15.1 Å². The average Bonchev–Trinajstić information content (AvgIpc) is 2.75. The quantitative estimate of drug-likeness (QED) is 0.644. The maximum absolute atomic E-state index is 6.11. The van der Waals surface area contributed by atoms with Gasteiger partial charge >= 0.3 is 0 Å². The fourth-order valence-electron chi connectivity index (χ4n) is 1.58. The van der Waals surface area contributed by atoms with Crippen molar-refractivity contribution >= 4 is 46.0 Å². The van der Waals surface area contributed by atoms with Crippen LogP contribution in [-0.2, 0) is 0 Å². The van der Waals surface area contributed by atoms with E-state index >= 15 is 0 Å². The molecule has 0 atom stereocenters. The van der Waals surface area contributed by atoms with Gasteiger partial charge in [-0.1, -0.05) is 40.9 Å². The van der Waals surface area contributed by atoms with Gasteiger partial charge in [0.05, 0.1) is 20.6 Å². The van der Waals surface area contributed by atoms with Crippen molar-refractivity contribution in [3.8, 4) is 11.5 Å². The Balaban J connectivity index is 2.22. The number of fused-ring (bicyclic) bond motifs is 1. The molecule has 6 heteroatoms. The van der Waals surface area contributed by atoms with Crippen LogP contribution < -0.4 is 0 Å². The van der Waals surface area contributed by atoms with E-state index in [1.54, 1.807) is 24.3 Å². The molecule has 0 saturated carbocycles. The number of oxazole rings is 1. The smallest absolute Gasteiger partial charge is 0.247 e. The molecule has 0 bridgehead atoms. The molecule has 0 aliphatic carbocycles. The maximum atomic E-state index is 6.11. The minimum Gasteiger partial charge on any atom is -0.418 e. The SMILES string of the molecule is Clc1cnc2oc(-c3cccc(Cl)c3Cl)nc2c1. The van der Waals surface area contributed by atoms with Gasteiger partial charge in [-0.25, -0.2) is 9.97 Å². The zero-order chi connectivity index (χ0) is 12.7. The topological polar surface area (TPSA) is 38.9 Å². The number of benzene rings is 1. The summed E-state index contributed by atoms with van der Waals surface area (Å²) < 4.78 is 5.52. The van der Waals surface area contributed by atoms with Gasteiger partial charge in [-0.05, 0) is 18.2 Å². The van der Waals surface area contributed by atoms with E-state index in [2.05, 4.69) is 9.97 Å². The number of hydrogen-bond donors (Lipinski definition) is 0. The first-order valence-corrected chi connectivity index (χ1v) is 6.15. The minimum absolute atomic E-state index is 0.368. The fraction of sp³-hybridized carbons (Fsp3) is 0. The molecule has 0 aliphatic rings. The van der Waals surface area contributed by atoms with E-state index < -0.39 is 0 Å². The molecule has 0 N–H and O–H groups in total. The second kappa shape index (κ2) is 4.43. The number of pyridine rings is 1. The van der Waals surface area contributed by atoms with Gasteiger partial charge < -0.3 is 4.42 Å². The Hall–Kier alpha value is -1.29. The van der Waals surface area contributed by atoms with Gasteiger partial charge in [-0.2, -0.15) is 0 Å². The van der Waals surface area contributed by atoms with Gasteiger partial charge in [0.1, 0.15) is 5.52 Å². The zero-order valence-electron chi connectivity index (χ0n) is 8.82. The van der Waals surface area contributed by atoms with Crippen LogP contribution in [0.5, 0.6) is 0 Å². The van der Waals surface area contributed by atoms with Crippen LogP contribution >= 0.6 is 34.8 Å². The molecule has 0 saturated heterocycles. The van der Waals surface area contributed by atoms with Crippen LogP contribution in [-0.4, -0.2) is 9.97 Å². The van der Waals surface area contributed by atoms with Crippen LogP contribution in [0.3, 0.4) is 0 Å². The third kappa shape index (κ3) is 1.94. The number of halogens is 3. The lowest BCUT2D eigenvalue weighted by Gasteiger charge is -2.00. The van der Waals surface area contributed by atoms with E-state index in [1.807, 2.05) is 0 Å². The van der Waals surface area contributed by atoms with E-state index in [9.17, 15) is 0 Å². The predicted molar refractivity (Wildman–Crippen MR) is 72.3 cm³/mol. The van der Waals surface area contributed by atoms with Crippen molar-refractivity contribution in [1.29, 1.82) is 0 Å². The summed E-state index contributed by atoms with van der Waals surface area (Å²) in [5.74, 6) is 0.368. The summed E-state index contributed by atoms with van der Waals surface area (Å²) >= 11 is 17.9. The number of hydrogen-bond acceptors (Lipinski definition) is 3. The molecule has 0 fully saturated rings. The molecule has 0 amide bonds. The fourth-order valence-corrected chi connectivity index (χ4v) is 2.12. The van der Waals surface area contributed by atoms with Crippen LogP contribution in [0.4, 0.5) is 0 Å². The van der Waals surface area contributed by atoms with Crippen LogP contribution in [0, 0.1) is 0 Å². The molecule has 3 aromatic rings. The van der Waals surface area contributed by atoms with Gasteiger partial charge in [0.15, 0.2) is 0 Å². The summed E-state index contributed by atoms with van der Waals surface area (Å²) in [6, 6.07) is 6.93. The van der Waals surface area contributed by atoms with Crippen molar-refractivity contribution in [1.82, 2.24) is 9.97 Å². The summed E-state index contributed by atoms with van der Waals surface area (Å²) in [4.78, 5) is 8.33. The number of aromatic nitrogens is 2. The van der Waals surface area contributed by atoms with E-state index in [4.69, 9.17) is 39.2 Å². The summed E-state index contributed by atoms with van der Waals surface area (Å²) in [7, 11) is 0. The summed E-state index contributed by atoms with van der Waals surface area (Å²) in [6.07, 6.45) is 1.50. The van der Waals surface area contributed by atoms with Gasteiger partial charge in [-0.3, -0.25) is 0 Å². The number of nitrogens with zero attached hydrogens (tertiary/aromatic N) is 2. The Kier molecular flexibility index (Phi) is 2.90. The second-order valence-corrected chi connectivity index (χ2v) is 4.82. The Morgan fingerprint density at radius 3 is 2.78 bits per heavy atom. The lowest BCUT2D eigenvalue weighted by molar-refractivity contribution is 0.608. The number of rotatable bonds is 1. The molecular formula is C12H5Cl3N2O. The van der Waals surface area contributed by atoms with E-state index in [0.29, 0.717) is 37.8 Å². The molecule has 3 nitrogen and oxygen atoms in total. The van der Waals surface area contributed by atoms with Crippen LogP contribution in [0.15, 0.2) is 34.9 Å². The monoisotopic (exact) mass is 298 g/mol. The highest BCUT2D eigenvalue weighted by molar-refractivity contribution is 6.43. The molecule has 18 heavy (non-hydrogen) atoms. The zero-order valence-corrected chi connectivity index (χ0v) is 11.1. The van der Waals surface area contributed by atoms with E-state index in [1.165, 1.54) is 6.20 Å². The van der Waals surface area contributed by atoms with Gasteiger partial charge in [-0.15, -0.1) is 0 Å². The molecule has 0 spiro atoms. The van der Waals surface area contributed by atoms with Gasteiger partial charge in [0.25, 0.3) is 0 Å². The molecule has 3 rings (SSSR count). The Labute approximate surface area is 117 Å². The first kappa shape index (κ1) is 11.8. The average molecular weight is 300 g/mol. The summed E-state index contributed by atoms with van der Waals surface area (Å²) in [5, 5.41) is 1.35. The van der Waals surface area contributed by atoms with Crippen molar-refractivity contribution in [3.63, 3.8) is 0 Å². The normalized spacial score (nSPS) is 11.1. The minimum atomic E-state index is 0.368. The molecule has 2 aromatic heterocycles. The summed E-state index contributed by atoms with van der Waals surface area (Å²) in [6.45, 7) is 0. The third-order valence-corrected chi connectivity index (χ3v) is 3.42.